The molecular weight excluding hydrogens is 296 g/mol. The van der Waals surface area contributed by atoms with Crippen molar-refractivity contribution in [1.29, 1.82) is 0 Å². The molecule has 0 spiro atoms. The second-order valence-corrected chi connectivity index (χ2v) is 7.40. The molecule has 2 aromatic carbocycles. The van der Waals surface area contributed by atoms with Crippen molar-refractivity contribution in [2.24, 2.45) is 0 Å². The summed E-state index contributed by atoms with van der Waals surface area (Å²) in [5.74, 6) is 0. The zero-order valence-corrected chi connectivity index (χ0v) is 12.1. The van der Waals surface area contributed by atoms with Gasteiger partial charge in [0.1, 0.15) is 0 Å². The van der Waals surface area contributed by atoms with Crippen molar-refractivity contribution in [3.05, 3.63) is 64.7 Å². The first-order valence-electron chi connectivity index (χ1n) is 6.26. The summed E-state index contributed by atoms with van der Waals surface area (Å²) >= 11 is 5.99. The molecule has 3 rings (SSSR count). The monoisotopic (exact) mass is 308 g/mol. The molecule has 3 nitrogen and oxygen atoms in total. The van der Waals surface area contributed by atoms with Gasteiger partial charge in [0.2, 0.25) is 0 Å². The maximum Gasteiger partial charge on any atom is 0.185 e. The van der Waals surface area contributed by atoms with E-state index in [0.29, 0.717) is 12.0 Å². The predicted molar refractivity (Wildman–Crippen MR) is 77.5 cm³/mol. The summed E-state index contributed by atoms with van der Waals surface area (Å²) in [6, 6.07) is 13.6. The normalized spacial score (nSPS) is 21.7. The summed E-state index contributed by atoms with van der Waals surface area (Å²) in [6.45, 7) is 0. The molecule has 0 saturated carbocycles. The molecule has 2 aromatic rings. The Morgan fingerprint density at radius 2 is 1.70 bits per heavy atom. The molecule has 1 aliphatic carbocycles. The fraction of sp³-hybridized carbons (Fsp3) is 0.200. The topological polar surface area (TPSA) is 54.4 Å². The highest BCUT2D eigenvalue weighted by atomic mass is 35.5. The van der Waals surface area contributed by atoms with Gasteiger partial charge in [-0.05, 0) is 29.7 Å². The third-order valence-corrected chi connectivity index (χ3v) is 6.32. The largest absolute Gasteiger partial charge is 0.387 e. The third kappa shape index (κ3) is 2.04. The van der Waals surface area contributed by atoms with Gasteiger partial charge in [-0.25, -0.2) is 8.42 Å². The van der Waals surface area contributed by atoms with Crippen molar-refractivity contribution in [2.75, 3.05) is 0 Å². The highest BCUT2D eigenvalue weighted by Gasteiger charge is 2.41. The van der Waals surface area contributed by atoms with Gasteiger partial charge in [0, 0.05) is 0 Å². The lowest BCUT2D eigenvalue weighted by Gasteiger charge is -2.16. The summed E-state index contributed by atoms with van der Waals surface area (Å²) < 4.78 is 25.4. The van der Waals surface area contributed by atoms with Crippen LogP contribution in [0.1, 0.15) is 17.2 Å². The maximum atomic E-state index is 12.7. The number of aliphatic hydroxyl groups is 1. The van der Waals surface area contributed by atoms with Crippen LogP contribution in [-0.4, -0.2) is 18.8 Å². The molecule has 0 fully saturated rings. The lowest BCUT2D eigenvalue weighted by Crippen LogP contribution is -2.26. The molecule has 2 atom stereocenters. The van der Waals surface area contributed by atoms with Crippen LogP contribution >= 0.6 is 11.6 Å². The minimum absolute atomic E-state index is 0.0820. The second-order valence-electron chi connectivity index (χ2n) is 4.86. The van der Waals surface area contributed by atoms with E-state index >= 15 is 0 Å². The van der Waals surface area contributed by atoms with Gasteiger partial charge < -0.3 is 5.11 Å². The van der Waals surface area contributed by atoms with E-state index in [2.05, 4.69) is 0 Å². The smallest absolute Gasteiger partial charge is 0.185 e. The number of benzene rings is 2. The van der Waals surface area contributed by atoms with Crippen LogP contribution in [0.5, 0.6) is 0 Å². The van der Waals surface area contributed by atoms with Gasteiger partial charge in [-0.1, -0.05) is 48.0 Å². The Bertz CT molecular complexity index is 755. The third-order valence-electron chi connectivity index (χ3n) is 3.69. The molecule has 0 heterocycles. The average molecular weight is 309 g/mol. The SMILES string of the molecule is O=S(=O)(c1ccccc1Cl)C1Cc2ccccc2C1O. The molecule has 0 bridgehead atoms. The van der Waals surface area contributed by atoms with Crippen LogP contribution < -0.4 is 0 Å². The highest BCUT2D eigenvalue weighted by Crippen LogP contribution is 2.39. The Morgan fingerprint density at radius 3 is 2.40 bits per heavy atom. The van der Waals surface area contributed by atoms with Crippen molar-refractivity contribution in [2.45, 2.75) is 22.7 Å². The Kier molecular flexibility index (Phi) is 3.32. The molecule has 0 aromatic heterocycles. The van der Waals surface area contributed by atoms with Crippen LogP contribution in [-0.2, 0) is 16.3 Å². The zero-order chi connectivity index (χ0) is 14.3. The molecule has 0 aliphatic heterocycles. The fourth-order valence-electron chi connectivity index (χ4n) is 2.66. The number of fused-ring (bicyclic) bond motifs is 1. The van der Waals surface area contributed by atoms with Crippen LogP contribution in [0.15, 0.2) is 53.4 Å². The van der Waals surface area contributed by atoms with Crippen molar-refractivity contribution >= 4 is 21.4 Å². The number of halogens is 1. The van der Waals surface area contributed by atoms with Crippen molar-refractivity contribution in [1.82, 2.24) is 0 Å². The molecule has 104 valence electrons. The summed E-state index contributed by atoms with van der Waals surface area (Å²) in [7, 11) is -3.67. The first-order valence-corrected chi connectivity index (χ1v) is 8.18. The first-order chi connectivity index (χ1) is 9.51. The van der Waals surface area contributed by atoms with E-state index < -0.39 is 21.2 Å². The maximum absolute atomic E-state index is 12.7. The van der Waals surface area contributed by atoms with Gasteiger partial charge in [0.15, 0.2) is 9.84 Å². The van der Waals surface area contributed by atoms with E-state index in [-0.39, 0.29) is 9.92 Å². The van der Waals surface area contributed by atoms with E-state index in [4.69, 9.17) is 11.6 Å². The first kappa shape index (κ1) is 13.6. The predicted octanol–water partition coefficient (Wildman–Crippen LogP) is 2.77. The molecule has 2 unspecified atom stereocenters. The van der Waals surface area contributed by atoms with Crippen LogP contribution in [0, 0.1) is 0 Å². The number of sulfone groups is 1. The van der Waals surface area contributed by atoms with Gasteiger partial charge in [0.05, 0.1) is 21.3 Å². The Labute approximate surface area is 122 Å². The molecule has 0 amide bonds. The number of rotatable bonds is 2. The van der Waals surface area contributed by atoms with E-state index in [9.17, 15) is 13.5 Å². The Hall–Kier alpha value is -1.36. The highest BCUT2D eigenvalue weighted by molar-refractivity contribution is 7.92. The van der Waals surface area contributed by atoms with E-state index in [1.165, 1.54) is 6.07 Å². The summed E-state index contributed by atoms with van der Waals surface area (Å²) in [4.78, 5) is 0.0820. The standard InChI is InChI=1S/C15H13ClO3S/c16-12-7-3-4-8-13(12)20(18,19)14-9-10-5-1-2-6-11(10)15(14)17/h1-8,14-15,17H,9H2. The molecule has 0 radical (unpaired) electrons. The summed E-state index contributed by atoms with van der Waals surface area (Å²) in [6.07, 6.45) is -0.697. The summed E-state index contributed by atoms with van der Waals surface area (Å²) in [5.41, 5.74) is 1.56. The minimum Gasteiger partial charge on any atom is -0.387 e. The van der Waals surface area contributed by atoms with Gasteiger partial charge in [0.25, 0.3) is 0 Å². The molecule has 20 heavy (non-hydrogen) atoms. The van der Waals surface area contributed by atoms with Crippen molar-refractivity contribution in [3.8, 4) is 0 Å². The van der Waals surface area contributed by atoms with Crippen LogP contribution in [0.25, 0.3) is 0 Å². The molecular formula is C15H13ClO3S. The number of hydrogen-bond acceptors (Lipinski definition) is 3. The minimum atomic E-state index is -3.67. The van der Waals surface area contributed by atoms with Gasteiger partial charge >= 0.3 is 0 Å². The van der Waals surface area contributed by atoms with E-state index in [1.54, 1.807) is 30.3 Å². The Morgan fingerprint density at radius 1 is 1.05 bits per heavy atom. The van der Waals surface area contributed by atoms with Crippen molar-refractivity contribution < 1.29 is 13.5 Å². The van der Waals surface area contributed by atoms with Gasteiger partial charge in [-0.2, -0.15) is 0 Å². The number of aliphatic hydroxyl groups excluding tert-OH is 1. The second kappa shape index (κ2) is 4.88. The van der Waals surface area contributed by atoms with Crippen molar-refractivity contribution in [3.63, 3.8) is 0 Å². The van der Waals surface area contributed by atoms with Crippen LogP contribution in [0.3, 0.4) is 0 Å². The van der Waals surface area contributed by atoms with Gasteiger partial charge in [-0.3, -0.25) is 0 Å². The lowest BCUT2D eigenvalue weighted by atomic mass is 10.1. The molecule has 5 heteroatoms. The molecule has 1 N–H and O–H groups in total. The zero-order valence-electron chi connectivity index (χ0n) is 10.5. The van der Waals surface area contributed by atoms with Gasteiger partial charge in [-0.15, -0.1) is 0 Å². The van der Waals surface area contributed by atoms with E-state index in [0.717, 1.165) is 5.56 Å². The lowest BCUT2D eigenvalue weighted by molar-refractivity contribution is 0.182. The molecule has 0 saturated heterocycles. The Balaban J connectivity index is 2.05. The van der Waals surface area contributed by atoms with E-state index in [1.807, 2.05) is 12.1 Å². The van der Waals surface area contributed by atoms with Crippen LogP contribution in [0.4, 0.5) is 0 Å². The number of hydrogen-bond donors (Lipinski definition) is 1. The fourth-order valence-corrected chi connectivity index (χ4v) is 4.93. The quantitative estimate of drug-likeness (QED) is 0.928. The molecule has 1 aliphatic rings. The average Bonchev–Trinajstić information content (AvgIpc) is 2.78. The summed E-state index contributed by atoms with van der Waals surface area (Å²) in [5, 5.41) is 9.62. The van der Waals surface area contributed by atoms with Crippen LogP contribution in [0.2, 0.25) is 5.02 Å².